The van der Waals surface area contributed by atoms with Crippen molar-refractivity contribution in [2.24, 2.45) is 0 Å². The largest absolute Gasteiger partial charge is 0.398 e. The first-order chi connectivity index (χ1) is 11.6. The van der Waals surface area contributed by atoms with Gasteiger partial charge in [-0.2, -0.15) is 0 Å². The topological polar surface area (TPSA) is 52.0 Å². The van der Waals surface area contributed by atoms with E-state index in [2.05, 4.69) is 13.2 Å². The smallest absolute Gasteiger partial charge is 0.0393 e. The fraction of sp³-hybridized carbons (Fsp3) is 0. The molecule has 0 amide bonds. The molecule has 0 aromatic heterocycles. The fourth-order valence-electron chi connectivity index (χ4n) is 2.84. The lowest BCUT2D eigenvalue weighted by atomic mass is 9.88. The van der Waals surface area contributed by atoms with Crippen LogP contribution in [0.1, 0.15) is 22.3 Å². The highest BCUT2D eigenvalue weighted by Crippen LogP contribution is 2.34. The molecule has 4 N–H and O–H groups in total. The quantitative estimate of drug-likeness (QED) is 0.668. The third-order valence-electron chi connectivity index (χ3n) is 4.15. The molecule has 0 atom stereocenters. The Morgan fingerprint density at radius 1 is 0.500 bits per heavy atom. The summed E-state index contributed by atoms with van der Waals surface area (Å²) in [5.74, 6) is 0. The molecule has 24 heavy (non-hydrogen) atoms. The Morgan fingerprint density at radius 2 is 0.792 bits per heavy atom. The van der Waals surface area contributed by atoms with Crippen molar-refractivity contribution in [3.8, 4) is 0 Å². The Balaban J connectivity index is 2.09. The molecule has 0 saturated heterocycles. The van der Waals surface area contributed by atoms with Crippen LogP contribution >= 0.6 is 0 Å². The number of benzene rings is 3. The Morgan fingerprint density at radius 3 is 1.12 bits per heavy atom. The van der Waals surface area contributed by atoms with Gasteiger partial charge in [0, 0.05) is 22.5 Å². The molecule has 3 rings (SSSR count). The highest BCUT2D eigenvalue weighted by molar-refractivity contribution is 5.93. The Kier molecular flexibility index (Phi) is 4.21. The molecule has 0 saturated carbocycles. The Labute approximate surface area is 142 Å². The second kappa shape index (κ2) is 6.47. The summed E-state index contributed by atoms with van der Waals surface area (Å²) >= 11 is 0. The maximum Gasteiger partial charge on any atom is 0.0393 e. The van der Waals surface area contributed by atoms with Crippen LogP contribution in [0.4, 0.5) is 11.4 Å². The van der Waals surface area contributed by atoms with Crippen LogP contribution in [0, 0.1) is 0 Å². The van der Waals surface area contributed by atoms with E-state index >= 15 is 0 Å². The van der Waals surface area contributed by atoms with Gasteiger partial charge in [-0.1, -0.05) is 73.8 Å². The lowest BCUT2D eigenvalue weighted by Gasteiger charge is -2.16. The van der Waals surface area contributed by atoms with Crippen LogP contribution in [-0.2, 0) is 0 Å². The molecule has 0 aliphatic carbocycles. The molecule has 0 aliphatic heterocycles. The number of nitrogen functional groups attached to an aromatic ring is 2. The minimum Gasteiger partial charge on any atom is -0.398 e. The van der Waals surface area contributed by atoms with Crippen LogP contribution in [0.3, 0.4) is 0 Å². The van der Waals surface area contributed by atoms with Gasteiger partial charge in [-0.25, -0.2) is 0 Å². The van der Waals surface area contributed by atoms with Gasteiger partial charge in [0.1, 0.15) is 0 Å². The molecule has 118 valence electrons. The van der Waals surface area contributed by atoms with E-state index in [0.29, 0.717) is 11.4 Å². The predicted octanol–water partition coefficient (Wildman–Crippen LogP) is 4.97. The summed E-state index contributed by atoms with van der Waals surface area (Å²) in [5, 5.41) is 0. The van der Waals surface area contributed by atoms with Gasteiger partial charge < -0.3 is 11.5 Å². The fourth-order valence-corrected chi connectivity index (χ4v) is 2.84. The van der Waals surface area contributed by atoms with E-state index in [1.54, 1.807) is 0 Å². The van der Waals surface area contributed by atoms with Crippen LogP contribution < -0.4 is 11.5 Å². The van der Waals surface area contributed by atoms with Crippen molar-refractivity contribution in [3.63, 3.8) is 0 Å². The van der Waals surface area contributed by atoms with Gasteiger partial charge in [0.25, 0.3) is 0 Å². The van der Waals surface area contributed by atoms with Crippen LogP contribution in [0.2, 0.25) is 0 Å². The zero-order valence-electron chi connectivity index (χ0n) is 13.5. The summed E-state index contributed by atoms with van der Waals surface area (Å²) in [6.07, 6.45) is 0. The van der Waals surface area contributed by atoms with Crippen LogP contribution in [0.15, 0.2) is 86.0 Å². The molecular formula is C22H20N2. The predicted molar refractivity (Wildman–Crippen MR) is 104 cm³/mol. The zero-order valence-corrected chi connectivity index (χ0v) is 13.5. The maximum absolute atomic E-state index is 6.12. The van der Waals surface area contributed by atoms with E-state index < -0.39 is 0 Å². The second-order valence-corrected chi connectivity index (χ2v) is 5.68. The average Bonchev–Trinajstić information content (AvgIpc) is 2.61. The molecule has 0 bridgehead atoms. The van der Waals surface area contributed by atoms with Gasteiger partial charge in [-0.05, 0) is 34.4 Å². The summed E-state index contributed by atoms with van der Waals surface area (Å²) in [6.45, 7) is 8.53. The van der Waals surface area contributed by atoms with Crippen molar-refractivity contribution in [1.82, 2.24) is 0 Å². The van der Waals surface area contributed by atoms with Gasteiger partial charge in [0.05, 0.1) is 0 Å². The van der Waals surface area contributed by atoms with Gasteiger partial charge in [0.15, 0.2) is 0 Å². The first-order valence-electron chi connectivity index (χ1n) is 7.77. The molecule has 0 fully saturated rings. The highest BCUT2D eigenvalue weighted by Gasteiger charge is 2.14. The number of para-hydroxylation sites is 2. The van der Waals surface area contributed by atoms with Crippen LogP contribution in [0.5, 0.6) is 0 Å². The second-order valence-electron chi connectivity index (χ2n) is 5.68. The number of anilines is 2. The first kappa shape index (κ1) is 15.6. The molecule has 2 nitrogen and oxygen atoms in total. The summed E-state index contributed by atoms with van der Waals surface area (Å²) in [4.78, 5) is 0. The molecule has 0 unspecified atom stereocenters. The van der Waals surface area contributed by atoms with E-state index in [9.17, 15) is 0 Å². The zero-order chi connectivity index (χ0) is 17.1. The van der Waals surface area contributed by atoms with Gasteiger partial charge in [-0.15, -0.1) is 0 Å². The van der Waals surface area contributed by atoms with E-state index in [4.69, 9.17) is 11.5 Å². The summed E-state index contributed by atoms with van der Waals surface area (Å²) in [7, 11) is 0. The van der Waals surface area contributed by atoms with Crippen molar-refractivity contribution in [1.29, 1.82) is 0 Å². The summed E-state index contributed by atoms with van der Waals surface area (Å²) in [5.41, 5.74) is 19.3. The van der Waals surface area contributed by atoms with Gasteiger partial charge in [0.2, 0.25) is 0 Å². The normalized spacial score (nSPS) is 10.3. The summed E-state index contributed by atoms with van der Waals surface area (Å²) < 4.78 is 0. The van der Waals surface area contributed by atoms with Gasteiger partial charge in [-0.3, -0.25) is 0 Å². The van der Waals surface area contributed by atoms with Crippen LogP contribution in [0.25, 0.3) is 11.1 Å². The monoisotopic (exact) mass is 312 g/mol. The molecular weight excluding hydrogens is 292 g/mol. The third-order valence-corrected chi connectivity index (χ3v) is 4.15. The van der Waals surface area contributed by atoms with Crippen molar-refractivity contribution in [3.05, 3.63) is 108 Å². The Bertz CT molecular complexity index is 846. The summed E-state index contributed by atoms with van der Waals surface area (Å²) in [6, 6.07) is 23.5. The number of rotatable bonds is 4. The van der Waals surface area contributed by atoms with Crippen LogP contribution in [-0.4, -0.2) is 0 Å². The molecule has 3 aromatic carbocycles. The highest BCUT2D eigenvalue weighted by atomic mass is 14.6. The molecule has 2 heteroatoms. The van der Waals surface area contributed by atoms with Crippen molar-refractivity contribution in [2.45, 2.75) is 0 Å². The number of nitrogens with two attached hydrogens (primary N) is 2. The first-order valence-corrected chi connectivity index (χ1v) is 7.77. The molecule has 0 aliphatic rings. The lowest BCUT2D eigenvalue weighted by molar-refractivity contribution is 1.49. The standard InChI is InChI=1S/C22H20N2/c1-15(19-11-5-7-13-21(19)23)17-9-3-4-10-18(17)16(2)20-12-6-8-14-22(20)24/h3-14H,1-2,23-24H2. The van der Waals surface area contributed by atoms with E-state index in [1.165, 1.54) is 0 Å². The number of hydrogen-bond acceptors (Lipinski definition) is 2. The maximum atomic E-state index is 6.12. The van der Waals surface area contributed by atoms with E-state index in [0.717, 1.165) is 33.4 Å². The number of hydrogen-bond donors (Lipinski definition) is 2. The van der Waals surface area contributed by atoms with Crippen molar-refractivity contribution >= 4 is 22.5 Å². The lowest BCUT2D eigenvalue weighted by Crippen LogP contribution is -1.99. The molecule has 0 heterocycles. The molecule has 0 radical (unpaired) electrons. The third kappa shape index (κ3) is 2.82. The van der Waals surface area contributed by atoms with E-state index in [-0.39, 0.29) is 0 Å². The molecule has 3 aromatic rings. The minimum absolute atomic E-state index is 0.710. The Hall–Kier alpha value is -3.26. The van der Waals surface area contributed by atoms with E-state index in [1.807, 2.05) is 72.8 Å². The minimum atomic E-state index is 0.710. The average molecular weight is 312 g/mol. The van der Waals surface area contributed by atoms with Gasteiger partial charge >= 0.3 is 0 Å². The SMILES string of the molecule is C=C(c1ccccc1N)c1ccccc1C(=C)c1ccccc1N. The van der Waals surface area contributed by atoms with Crippen molar-refractivity contribution < 1.29 is 0 Å². The molecule has 0 spiro atoms. The van der Waals surface area contributed by atoms with Crippen molar-refractivity contribution in [2.75, 3.05) is 11.5 Å².